The zero-order valence-corrected chi connectivity index (χ0v) is 10.6. The molecule has 0 saturated carbocycles. The predicted octanol–water partition coefficient (Wildman–Crippen LogP) is 0.982. The van der Waals surface area contributed by atoms with E-state index in [1.807, 2.05) is 20.8 Å². The largest absolute Gasteiger partial charge is 0.392 e. The summed E-state index contributed by atoms with van der Waals surface area (Å²) in [5.41, 5.74) is 5.02. The van der Waals surface area contributed by atoms with Gasteiger partial charge in [0.05, 0.1) is 23.1 Å². The van der Waals surface area contributed by atoms with Crippen molar-refractivity contribution in [1.82, 2.24) is 5.32 Å². The van der Waals surface area contributed by atoms with Crippen LogP contribution in [0, 0.1) is 0 Å². The summed E-state index contributed by atoms with van der Waals surface area (Å²) in [5, 5.41) is 2.77. The standard InChI is InChI=1S/C10H20N2O2S/c1-5-7(9(11)15)12-8(13)6-10(2,3)14-4/h7H,5-6H2,1-4H3,(H2,11,15)(H,12,13). The molecule has 5 heteroatoms. The molecule has 1 atom stereocenters. The maximum Gasteiger partial charge on any atom is 0.223 e. The fourth-order valence-electron chi connectivity index (χ4n) is 1.08. The third-order valence-electron chi connectivity index (χ3n) is 2.23. The van der Waals surface area contributed by atoms with Crippen molar-refractivity contribution in [2.45, 2.75) is 45.3 Å². The molecule has 4 nitrogen and oxygen atoms in total. The molecule has 88 valence electrons. The maximum absolute atomic E-state index is 11.6. The van der Waals surface area contributed by atoms with Crippen LogP contribution in [-0.4, -0.2) is 29.6 Å². The van der Waals surface area contributed by atoms with Crippen molar-refractivity contribution in [2.75, 3.05) is 7.11 Å². The lowest BCUT2D eigenvalue weighted by molar-refractivity contribution is -0.126. The van der Waals surface area contributed by atoms with Crippen LogP contribution in [0.3, 0.4) is 0 Å². The molecule has 0 aliphatic heterocycles. The van der Waals surface area contributed by atoms with Crippen molar-refractivity contribution < 1.29 is 9.53 Å². The van der Waals surface area contributed by atoms with Crippen LogP contribution in [0.25, 0.3) is 0 Å². The zero-order chi connectivity index (χ0) is 12.1. The third-order valence-corrected chi connectivity index (χ3v) is 2.51. The van der Waals surface area contributed by atoms with Crippen LogP contribution in [0.15, 0.2) is 0 Å². The summed E-state index contributed by atoms with van der Waals surface area (Å²) in [6, 6.07) is -0.222. The van der Waals surface area contributed by atoms with Gasteiger partial charge >= 0.3 is 0 Å². The number of rotatable bonds is 6. The number of nitrogens with one attached hydrogen (secondary N) is 1. The van der Waals surface area contributed by atoms with Gasteiger partial charge in [-0.15, -0.1) is 0 Å². The monoisotopic (exact) mass is 232 g/mol. The van der Waals surface area contributed by atoms with Crippen molar-refractivity contribution in [3.05, 3.63) is 0 Å². The first-order chi connectivity index (χ1) is 6.82. The Morgan fingerprint density at radius 2 is 2.13 bits per heavy atom. The maximum atomic E-state index is 11.6. The van der Waals surface area contributed by atoms with Crippen molar-refractivity contribution in [1.29, 1.82) is 0 Å². The molecule has 0 fully saturated rings. The van der Waals surface area contributed by atoms with Gasteiger partial charge in [-0.3, -0.25) is 4.79 Å². The molecule has 0 aromatic rings. The molecule has 15 heavy (non-hydrogen) atoms. The molecule has 0 spiro atoms. The van der Waals surface area contributed by atoms with Gasteiger partial charge in [0.1, 0.15) is 0 Å². The van der Waals surface area contributed by atoms with Crippen LogP contribution in [0.2, 0.25) is 0 Å². The van der Waals surface area contributed by atoms with E-state index in [1.54, 1.807) is 7.11 Å². The van der Waals surface area contributed by atoms with Gasteiger partial charge < -0.3 is 15.8 Å². The van der Waals surface area contributed by atoms with E-state index in [0.717, 1.165) is 0 Å². The molecule has 1 unspecified atom stereocenters. The Hall–Kier alpha value is -0.680. The second kappa shape index (κ2) is 6.02. The summed E-state index contributed by atoms with van der Waals surface area (Å²) in [6.45, 7) is 5.63. The first-order valence-electron chi connectivity index (χ1n) is 4.96. The summed E-state index contributed by atoms with van der Waals surface area (Å²) < 4.78 is 5.16. The summed E-state index contributed by atoms with van der Waals surface area (Å²) >= 11 is 4.84. The Bertz CT molecular complexity index is 242. The molecule has 0 saturated heterocycles. The molecule has 0 radical (unpaired) electrons. The second-order valence-corrected chi connectivity index (χ2v) is 4.54. The second-order valence-electron chi connectivity index (χ2n) is 4.07. The minimum atomic E-state index is -0.460. The molecule has 0 aliphatic rings. The highest BCUT2D eigenvalue weighted by Crippen LogP contribution is 2.12. The summed E-state index contributed by atoms with van der Waals surface area (Å²) in [6.07, 6.45) is 0.997. The average Bonchev–Trinajstić information content (AvgIpc) is 2.13. The van der Waals surface area contributed by atoms with Crippen LogP contribution >= 0.6 is 12.2 Å². The Kier molecular flexibility index (Phi) is 5.75. The van der Waals surface area contributed by atoms with E-state index in [-0.39, 0.29) is 11.9 Å². The molecule has 0 aromatic carbocycles. The first-order valence-corrected chi connectivity index (χ1v) is 5.37. The van der Waals surface area contributed by atoms with Crippen LogP contribution in [-0.2, 0) is 9.53 Å². The van der Waals surface area contributed by atoms with Gasteiger partial charge in [0.2, 0.25) is 5.91 Å². The van der Waals surface area contributed by atoms with Gasteiger partial charge in [-0.1, -0.05) is 19.1 Å². The molecule has 0 rings (SSSR count). The van der Waals surface area contributed by atoms with Crippen LogP contribution in [0.5, 0.6) is 0 Å². The zero-order valence-electron chi connectivity index (χ0n) is 9.79. The lowest BCUT2D eigenvalue weighted by Crippen LogP contribution is -2.45. The van der Waals surface area contributed by atoms with Crippen molar-refractivity contribution in [3.63, 3.8) is 0 Å². The normalized spacial score (nSPS) is 13.3. The number of hydrogen-bond acceptors (Lipinski definition) is 3. The first kappa shape index (κ1) is 14.3. The van der Waals surface area contributed by atoms with E-state index < -0.39 is 5.60 Å². The van der Waals surface area contributed by atoms with Crippen molar-refractivity contribution in [3.8, 4) is 0 Å². The molecular formula is C10H20N2O2S. The highest BCUT2D eigenvalue weighted by Gasteiger charge is 2.22. The summed E-state index contributed by atoms with van der Waals surface area (Å²) in [4.78, 5) is 11.9. The van der Waals surface area contributed by atoms with Crippen LogP contribution in [0.1, 0.15) is 33.6 Å². The van der Waals surface area contributed by atoms with E-state index in [2.05, 4.69) is 5.32 Å². The molecule has 0 aliphatic carbocycles. The minimum absolute atomic E-state index is 0.0958. The highest BCUT2D eigenvalue weighted by atomic mass is 32.1. The Morgan fingerprint density at radius 1 is 1.60 bits per heavy atom. The Labute approximate surface area is 96.5 Å². The number of thiocarbonyl (C=S) groups is 1. The molecule has 0 aromatic heterocycles. The number of carbonyl (C=O) groups excluding carboxylic acids is 1. The Morgan fingerprint density at radius 3 is 2.47 bits per heavy atom. The number of amides is 1. The van der Waals surface area contributed by atoms with E-state index in [9.17, 15) is 4.79 Å². The van der Waals surface area contributed by atoms with Gasteiger partial charge in [-0.2, -0.15) is 0 Å². The Balaban J connectivity index is 4.19. The van der Waals surface area contributed by atoms with Crippen molar-refractivity contribution in [2.24, 2.45) is 5.73 Å². The molecular weight excluding hydrogens is 212 g/mol. The van der Waals surface area contributed by atoms with E-state index >= 15 is 0 Å². The van der Waals surface area contributed by atoms with Gasteiger partial charge in [0.15, 0.2) is 0 Å². The molecule has 0 heterocycles. The summed E-state index contributed by atoms with van der Waals surface area (Å²) in [7, 11) is 1.58. The number of ether oxygens (including phenoxy) is 1. The van der Waals surface area contributed by atoms with Crippen LogP contribution in [0.4, 0.5) is 0 Å². The molecule has 0 bridgehead atoms. The topological polar surface area (TPSA) is 64.3 Å². The fraction of sp³-hybridized carbons (Fsp3) is 0.800. The predicted molar refractivity (Wildman–Crippen MR) is 64.7 cm³/mol. The van der Waals surface area contributed by atoms with Gasteiger partial charge in [0.25, 0.3) is 0 Å². The van der Waals surface area contributed by atoms with Gasteiger partial charge in [-0.25, -0.2) is 0 Å². The van der Waals surface area contributed by atoms with E-state index in [0.29, 0.717) is 17.8 Å². The third kappa shape index (κ3) is 5.69. The van der Waals surface area contributed by atoms with Gasteiger partial charge in [0, 0.05) is 7.11 Å². The highest BCUT2D eigenvalue weighted by molar-refractivity contribution is 7.80. The smallest absolute Gasteiger partial charge is 0.223 e. The lowest BCUT2D eigenvalue weighted by Gasteiger charge is -2.23. The quantitative estimate of drug-likeness (QED) is 0.670. The fourth-order valence-corrected chi connectivity index (χ4v) is 1.30. The SMILES string of the molecule is CCC(NC(=O)CC(C)(C)OC)C(N)=S. The van der Waals surface area contributed by atoms with Crippen molar-refractivity contribution >= 4 is 23.1 Å². The number of carbonyl (C=O) groups is 1. The van der Waals surface area contributed by atoms with Crippen LogP contribution < -0.4 is 11.1 Å². The van der Waals surface area contributed by atoms with E-state index in [4.69, 9.17) is 22.7 Å². The minimum Gasteiger partial charge on any atom is -0.392 e. The molecule has 1 amide bonds. The van der Waals surface area contributed by atoms with Gasteiger partial charge in [-0.05, 0) is 20.3 Å². The molecule has 3 N–H and O–H groups in total. The lowest BCUT2D eigenvalue weighted by atomic mass is 10.0. The number of nitrogens with two attached hydrogens (primary N) is 1. The number of hydrogen-bond donors (Lipinski definition) is 2. The average molecular weight is 232 g/mol. The van der Waals surface area contributed by atoms with E-state index in [1.165, 1.54) is 0 Å². The summed E-state index contributed by atoms with van der Waals surface area (Å²) in [5.74, 6) is -0.0958. The number of methoxy groups -OCH3 is 1.